The number of rotatable bonds is 7. The highest BCUT2D eigenvalue weighted by Gasteiger charge is 2.14. The molecule has 1 heterocycles. The Balaban J connectivity index is 1.68. The van der Waals surface area contributed by atoms with Crippen LogP contribution in [0.25, 0.3) is 22.0 Å². The number of aliphatic carboxylic acids is 1. The van der Waals surface area contributed by atoms with E-state index >= 15 is 0 Å². The molecule has 0 aliphatic carbocycles. The van der Waals surface area contributed by atoms with Crippen LogP contribution in [0.2, 0.25) is 0 Å². The second kappa shape index (κ2) is 8.62. The van der Waals surface area contributed by atoms with Gasteiger partial charge in [-0.2, -0.15) is 5.10 Å². The molecule has 0 amide bonds. The number of carbonyl (C=O) groups is 1. The lowest BCUT2D eigenvalue weighted by atomic mass is 10.0. The molecule has 4 rings (SSSR count). The first-order chi connectivity index (χ1) is 14.9. The van der Waals surface area contributed by atoms with Crippen LogP contribution in [0.5, 0.6) is 5.75 Å². The molecule has 0 aliphatic heterocycles. The molecule has 0 atom stereocenters. The number of nitrogens with two attached hydrogens (primary N) is 1. The minimum atomic E-state index is -0.885. The van der Waals surface area contributed by atoms with Gasteiger partial charge in [0.05, 0.1) is 17.6 Å². The maximum atomic E-state index is 11.2. The number of hydrogen-bond donors (Lipinski definition) is 2. The third-order valence-corrected chi connectivity index (χ3v) is 5.38. The molecule has 0 spiro atoms. The second-order valence-electron chi connectivity index (χ2n) is 7.68. The average molecular weight is 415 g/mol. The van der Waals surface area contributed by atoms with Crippen LogP contribution in [-0.2, 0) is 31.4 Å². The number of ether oxygens (including phenoxy) is 1. The summed E-state index contributed by atoms with van der Waals surface area (Å²) in [6.45, 7) is 2.74. The minimum Gasteiger partial charge on any atom is -0.487 e. The van der Waals surface area contributed by atoms with Crippen molar-refractivity contribution in [3.63, 3.8) is 0 Å². The van der Waals surface area contributed by atoms with E-state index in [2.05, 4.69) is 29.4 Å². The number of hydrogen-bond acceptors (Lipinski definition) is 4. The zero-order chi connectivity index (χ0) is 22.0. The molecule has 158 valence electrons. The Labute approximate surface area is 180 Å². The first-order valence-electron chi connectivity index (χ1n) is 10.1. The molecule has 0 saturated carbocycles. The van der Waals surface area contributed by atoms with Crippen LogP contribution < -0.4 is 10.5 Å². The molecule has 3 N–H and O–H groups in total. The third kappa shape index (κ3) is 4.44. The van der Waals surface area contributed by atoms with Crippen LogP contribution in [0.15, 0.2) is 60.7 Å². The SMILES string of the molecule is Cc1ccc(CC(=O)O)c(OCc2c3cc(-c4cccc(CN)c4)ccc3nn2C)c1. The molecule has 4 aromatic rings. The Hall–Kier alpha value is -3.64. The molecule has 0 bridgehead atoms. The second-order valence-corrected chi connectivity index (χ2v) is 7.68. The van der Waals surface area contributed by atoms with Gasteiger partial charge in [-0.1, -0.05) is 36.4 Å². The van der Waals surface area contributed by atoms with Crippen molar-refractivity contribution < 1.29 is 14.6 Å². The molecule has 3 aromatic carbocycles. The molecular formula is C25H25N3O3. The smallest absolute Gasteiger partial charge is 0.307 e. The van der Waals surface area contributed by atoms with Crippen molar-refractivity contribution >= 4 is 16.9 Å². The highest BCUT2D eigenvalue weighted by molar-refractivity contribution is 5.87. The van der Waals surface area contributed by atoms with Gasteiger partial charge in [-0.05, 0) is 53.4 Å². The van der Waals surface area contributed by atoms with Crippen molar-refractivity contribution in [1.82, 2.24) is 9.78 Å². The average Bonchev–Trinajstić information content (AvgIpc) is 3.07. The highest BCUT2D eigenvalue weighted by Crippen LogP contribution is 2.28. The van der Waals surface area contributed by atoms with Crippen LogP contribution in [0.3, 0.4) is 0 Å². The lowest BCUT2D eigenvalue weighted by Gasteiger charge is -2.12. The summed E-state index contributed by atoms with van der Waals surface area (Å²) in [6.07, 6.45) is -0.0800. The number of aromatic nitrogens is 2. The summed E-state index contributed by atoms with van der Waals surface area (Å²) in [5.74, 6) is -0.299. The van der Waals surface area contributed by atoms with Crippen LogP contribution in [0, 0.1) is 6.92 Å². The Morgan fingerprint density at radius 3 is 2.68 bits per heavy atom. The van der Waals surface area contributed by atoms with Gasteiger partial charge < -0.3 is 15.6 Å². The predicted molar refractivity (Wildman–Crippen MR) is 121 cm³/mol. The maximum Gasteiger partial charge on any atom is 0.307 e. The zero-order valence-electron chi connectivity index (χ0n) is 17.6. The third-order valence-electron chi connectivity index (χ3n) is 5.38. The minimum absolute atomic E-state index is 0.0800. The molecule has 0 fully saturated rings. The van der Waals surface area contributed by atoms with E-state index in [-0.39, 0.29) is 13.0 Å². The van der Waals surface area contributed by atoms with Gasteiger partial charge in [0.15, 0.2) is 0 Å². The first kappa shape index (κ1) is 20.6. The largest absolute Gasteiger partial charge is 0.487 e. The van der Waals surface area contributed by atoms with Crippen LogP contribution in [0.1, 0.15) is 22.4 Å². The van der Waals surface area contributed by atoms with E-state index in [4.69, 9.17) is 10.5 Å². The fourth-order valence-corrected chi connectivity index (χ4v) is 3.73. The number of aryl methyl sites for hydroxylation is 2. The van der Waals surface area contributed by atoms with Crippen molar-refractivity contribution in [2.24, 2.45) is 12.8 Å². The highest BCUT2D eigenvalue weighted by atomic mass is 16.5. The Bertz CT molecular complexity index is 1260. The van der Waals surface area contributed by atoms with Crippen LogP contribution in [0.4, 0.5) is 0 Å². The lowest BCUT2D eigenvalue weighted by Crippen LogP contribution is -2.07. The van der Waals surface area contributed by atoms with Crippen molar-refractivity contribution in [3.05, 3.63) is 83.0 Å². The van der Waals surface area contributed by atoms with Crippen LogP contribution in [-0.4, -0.2) is 20.9 Å². The standard InChI is InChI=1S/C25H25N3O3/c1-16-6-7-20(13-25(29)30)24(10-16)31-15-23-21-12-19(8-9-22(21)27-28(23)2)18-5-3-4-17(11-18)14-26/h3-12H,13-15,26H2,1-2H3,(H,29,30). The van der Waals surface area contributed by atoms with Crippen molar-refractivity contribution in [2.45, 2.75) is 26.5 Å². The summed E-state index contributed by atoms with van der Waals surface area (Å²) in [7, 11) is 1.89. The lowest BCUT2D eigenvalue weighted by molar-refractivity contribution is -0.136. The van der Waals surface area contributed by atoms with E-state index in [0.717, 1.165) is 38.9 Å². The molecular weight excluding hydrogens is 390 g/mol. The molecule has 6 nitrogen and oxygen atoms in total. The summed E-state index contributed by atoms with van der Waals surface area (Å²) in [4.78, 5) is 11.2. The molecule has 1 aromatic heterocycles. The molecule has 0 radical (unpaired) electrons. The number of benzene rings is 3. The number of nitrogens with zero attached hydrogens (tertiary/aromatic N) is 2. The van der Waals surface area contributed by atoms with Gasteiger partial charge in [-0.3, -0.25) is 9.48 Å². The molecule has 0 saturated heterocycles. The summed E-state index contributed by atoms with van der Waals surface area (Å²) in [5, 5.41) is 14.8. The summed E-state index contributed by atoms with van der Waals surface area (Å²) in [6, 6.07) is 19.9. The van der Waals surface area contributed by atoms with Crippen molar-refractivity contribution in [3.8, 4) is 16.9 Å². The van der Waals surface area contributed by atoms with Gasteiger partial charge in [0, 0.05) is 24.5 Å². The summed E-state index contributed by atoms with van der Waals surface area (Å²) < 4.78 is 7.91. The Morgan fingerprint density at radius 1 is 1.10 bits per heavy atom. The molecule has 0 unspecified atom stereocenters. The van der Waals surface area contributed by atoms with E-state index in [9.17, 15) is 9.90 Å². The zero-order valence-corrected chi connectivity index (χ0v) is 17.6. The van der Waals surface area contributed by atoms with Crippen LogP contribution >= 0.6 is 0 Å². The quantitative estimate of drug-likeness (QED) is 0.472. The van der Waals surface area contributed by atoms with Gasteiger partial charge >= 0.3 is 5.97 Å². The summed E-state index contributed by atoms with van der Waals surface area (Å²) in [5.41, 5.74) is 12.5. The predicted octanol–water partition coefficient (Wildman–Crippen LogP) is 4.21. The van der Waals surface area contributed by atoms with E-state index in [1.54, 1.807) is 0 Å². The topological polar surface area (TPSA) is 90.4 Å². The molecule has 0 aliphatic rings. The van der Waals surface area contributed by atoms with Gasteiger partial charge in [-0.15, -0.1) is 0 Å². The van der Waals surface area contributed by atoms with Gasteiger partial charge in [0.25, 0.3) is 0 Å². The summed E-state index contributed by atoms with van der Waals surface area (Å²) >= 11 is 0. The number of fused-ring (bicyclic) bond motifs is 1. The first-order valence-corrected chi connectivity index (χ1v) is 10.1. The Kier molecular flexibility index (Phi) is 5.73. The number of carboxylic acids is 1. The molecule has 6 heteroatoms. The van der Waals surface area contributed by atoms with E-state index < -0.39 is 5.97 Å². The number of carboxylic acid groups (broad SMARTS) is 1. The van der Waals surface area contributed by atoms with Gasteiger partial charge in [-0.25, -0.2) is 0 Å². The van der Waals surface area contributed by atoms with E-state index in [1.807, 2.05) is 55.1 Å². The fraction of sp³-hybridized carbons (Fsp3) is 0.200. The van der Waals surface area contributed by atoms with E-state index in [1.165, 1.54) is 0 Å². The van der Waals surface area contributed by atoms with Crippen molar-refractivity contribution in [2.75, 3.05) is 0 Å². The Morgan fingerprint density at radius 2 is 1.90 bits per heavy atom. The maximum absolute atomic E-state index is 11.2. The monoisotopic (exact) mass is 415 g/mol. The van der Waals surface area contributed by atoms with Crippen molar-refractivity contribution in [1.29, 1.82) is 0 Å². The fourth-order valence-electron chi connectivity index (χ4n) is 3.73. The molecule has 31 heavy (non-hydrogen) atoms. The van der Waals surface area contributed by atoms with Gasteiger partial charge in [0.2, 0.25) is 0 Å². The van der Waals surface area contributed by atoms with E-state index in [0.29, 0.717) is 17.9 Å². The van der Waals surface area contributed by atoms with Gasteiger partial charge in [0.1, 0.15) is 12.4 Å². The normalized spacial score (nSPS) is 11.1.